The highest BCUT2D eigenvalue weighted by Crippen LogP contribution is 2.47. The molecule has 1 heterocycles. The number of aromatic nitrogens is 1. The highest BCUT2D eigenvalue weighted by molar-refractivity contribution is 6.10. The Kier molecular flexibility index (Phi) is 9.09. The molecule has 0 N–H and O–H groups in total. The molecule has 0 amide bonds. The Hall–Kier alpha value is -7.94. The van der Waals surface area contributed by atoms with Crippen LogP contribution in [-0.2, 0) is 5.41 Å². The van der Waals surface area contributed by atoms with E-state index in [0.717, 1.165) is 17.1 Å². The first-order valence-electron chi connectivity index (χ1n) is 21.0. The lowest BCUT2D eigenvalue weighted by Crippen LogP contribution is -2.31. The maximum absolute atomic E-state index is 2.40. The van der Waals surface area contributed by atoms with Gasteiger partial charge in [0.25, 0.3) is 0 Å². The van der Waals surface area contributed by atoms with E-state index in [-0.39, 0.29) is 0 Å². The molecule has 0 fully saturated rings. The van der Waals surface area contributed by atoms with E-state index in [0.29, 0.717) is 0 Å². The molecular formula is C59H42N2. The smallest absolute Gasteiger partial charge is 0.0701 e. The second-order valence-corrected chi connectivity index (χ2v) is 15.7. The highest BCUT2D eigenvalue weighted by Gasteiger charge is 2.38. The highest BCUT2D eigenvalue weighted by atomic mass is 15.1. The fraction of sp³-hybridized carbons (Fsp3) is 0.0169. The Morgan fingerprint density at radius 1 is 0.311 bits per heavy atom. The summed E-state index contributed by atoms with van der Waals surface area (Å²) < 4.78 is 2.37. The van der Waals surface area contributed by atoms with Gasteiger partial charge in [0, 0.05) is 33.2 Å². The molecule has 0 bridgehead atoms. The second kappa shape index (κ2) is 15.3. The molecule has 10 aromatic carbocycles. The quantitative estimate of drug-likeness (QED) is 0.133. The summed E-state index contributed by atoms with van der Waals surface area (Å²) in [4.78, 5) is 2.40. The minimum atomic E-state index is -0.525. The van der Waals surface area contributed by atoms with Crippen LogP contribution >= 0.6 is 0 Å². The molecule has 2 heteroatoms. The van der Waals surface area contributed by atoms with Crippen LogP contribution in [0, 0.1) is 0 Å². The van der Waals surface area contributed by atoms with Crippen molar-refractivity contribution in [1.29, 1.82) is 0 Å². The number of hydrogen-bond acceptors (Lipinski definition) is 1. The first-order valence-corrected chi connectivity index (χ1v) is 21.0. The number of nitrogens with zero attached hydrogens (tertiary/aromatic N) is 2. The summed E-state index contributed by atoms with van der Waals surface area (Å²) >= 11 is 0. The Bertz CT molecular complexity index is 3160. The lowest BCUT2D eigenvalue weighted by molar-refractivity contribution is 0.745. The van der Waals surface area contributed by atoms with Crippen molar-refractivity contribution in [3.8, 4) is 16.8 Å². The average Bonchev–Trinajstić information content (AvgIpc) is 3.68. The third-order valence-corrected chi connectivity index (χ3v) is 12.3. The fourth-order valence-corrected chi connectivity index (χ4v) is 9.57. The van der Waals surface area contributed by atoms with Gasteiger partial charge in [-0.05, 0) is 99.4 Å². The maximum atomic E-state index is 2.40. The molecule has 0 aliphatic carbocycles. The van der Waals surface area contributed by atoms with Crippen molar-refractivity contribution in [1.82, 2.24) is 4.57 Å². The number of anilines is 3. The van der Waals surface area contributed by atoms with E-state index < -0.39 is 5.41 Å². The van der Waals surface area contributed by atoms with E-state index >= 15 is 0 Å². The number of rotatable bonds is 9. The van der Waals surface area contributed by atoms with Crippen molar-refractivity contribution < 1.29 is 0 Å². The predicted octanol–water partition coefficient (Wildman–Crippen LogP) is 15.5. The van der Waals surface area contributed by atoms with Crippen molar-refractivity contribution >= 4 is 49.6 Å². The van der Waals surface area contributed by atoms with Crippen molar-refractivity contribution in [2.75, 3.05) is 4.90 Å². The van der Waals surface area contributed by atoms with Gasteiger partial charge in [-0.1, -0.05) is 194 Å². The zero-order valence-corrected chi connectivity index (χ0v) is 33.6. The predicted molar refractivity (Wildman–Crippen MR) is 257 cm³/mol. The van der Waals surface area contributed by atoms with Crippen molar-refractivity contribution in [2.45, 2.75) is 5.41 Å². The van der Waals surface area contributed by atoms with Crippen LogP contribution in [0.25, 0.3) is 49.4 Å². The summed E-state index contributed by atoms with van der Waals surface area (Å²) in [6.45, 7) is 0. The van der Waals surface area contributed by atoms with Crippen LogP contribution < -0.4 is 4.90 Å². The van der Waals surface area contributed by atoms with E-state index in [1.807, 2.05) is 0 Å². The summed E-state index contributed by atoms with van der Waals surface area (Å²) in [7, 11) is 0. The summed E-state index contributed by atoms with van der Waals surface area (Å²) in [6.07, 6.45) is 0. The number of benzene rings is 10. The summed E-state index contributed by atoms with van der Waals surface area (Å²) in [5, 5.41) is 4.90. The van der Waals surface area contributed by atoms with Crippen LogP contribution in [-0.4, -0.2) is 4.57 Å². The lowest BCUT2D eigenvalue weighted by Gasteiger charge is -2.37. The molecule has 2 nitrogen and oxygen atoms in total. The van der Waals surface area contributed by atoms with Gasteiger partial charge in [-0.25, -0.2) is 0 Å². The van der Waals surface area contributed by atoms with E-state index in [2.05, 4.69) is 264 Å². The van der Waals surface area contributed by atoms with Crippen LogP contribution in [0.4, 0.5) is 17.1 Å². The van der Waals surface area contributed by atoms with Gasteiger partial charge in [0.1, 0.15) is 0 Å². The van der Waals surface area contributed by atoms with Crippen LogP contribution in [0.1, 0.15) is 22.3 Å². The van der Waals surface area contributed by atoms with Crippen LogP contribution in [0.3, 0.4) is 0 Å². The Labute approximate surface area is 356 Å². The number of hydrogen-bond donors (Lipinski definition) is 0. The van der Waals surface area contributed by atoms with Crippen molar-refractivity contribution in [2.24, 2.45) is 0 Å². The summed E-state index contributed by atoms with van der Waals surface area (Å²) in [5.41, 5.74) is 13.6. The molecule has 288 valence electrons. The third kappa shape index (κ3) is 6.20. The standard InChI is InChI=1S/C59H42N2/c1-5-20-46(21-6-1)59(47-22-7-2-8-23-47,48-24-9-3-10-25-48)49-35-39-52(40-36-49)60(56-31-17-19-44-18-13-14-28-53(44)56)51-37-32-43(33-38-51)45-34-41-58-55(42-45)54-29-15-16-30-57(54)61(58)50-26-11-4-12-27-50/h1-42H. The van der Waals surface area contributed by atoms with Gasteiger partial charge < -0.3 is 9.47 Å². The van der Waals surface area contributed by atoms with Crippen LogP contribution in [0.5, 0.6) is 0 Å². The fourth-order valence-electron chi connectivity index (χ4n) is 9.57. The summed E-state index contributed by atoms with van der Waals surface area (Å²) in [6, 6.07) is 92.6. The molecule has 0 aliphatic rings. The van der Waals surface area contributed by atoms with Gasteiger partial charge in [0.05, 0.1) is 22.1 Å². The topological polar surface area (TPSA) is 8.17 Å². The van der Waals surface area contributed by atoms with Gasteiger partial charge in [0.15, 0.2) is 0 Å². The normalized spacial score (nSPS) is 11.6. The van der Waals surface area contributed by atoms with E-state index in [4.69, 9.17) is 0 Å². The molecule has 0 unspecified atom stereocenters. The average molecular weight is 779 g/mol. The van der Waals surface area contributed by atoms with Crippen molar-refractivity contribution in [3.63, 3.8) is 0 Å². The molecular weight excluding hydrogens is 737 g/mol. The maximum Gasteiger partial charge on any atom is 0.0701 e. The zero-order valence-electron chi connectivity index (χ0n) is 33.6. The lowest BCUT2D eigenvalue weighted by atomic mass is 9.65. The van der Waals surface area contributed by atoms with E-state index in [1.165, 1.54) is 71.6 Å². The Morgan fingerprint density at radius 3 is 1.39 bits per heavy atom. The number of fused-ring (bicyclic) bond motifs is 4. The minimum absolute atomic E-state index is 0.525. The van der Waals surface area contributed by atoms with E-state index in [9.17, 15) is 0 Å². The Balaban J connectivity index is 1.04. The molecule has 61 heavy (non-hydrogen) atoms. The van der Waals surface area contributed by atoms with Gasteiger partial charge in [-0.15, -0.1) is 0 Å². The molecule has 0 aliphatic heterocycles. The molecule has 11 rings (SSSR count). The molecule has 0 saturated heterocycles. The van der Waals surface area contributed by atoms with Crippen LogP contribution in [0.15, 0.2) is 255 Å². The largest absolute Gasteiger partial charge is 0.310 e. The van der Waals surface area contributed by atoms with E-state index in [1.54, 1.807) is 0 Å². The van der Waals surface area contributed by atoms with Crippen molar-refractivity contribution in [3.05, 3.63) is 277 Å². The molecule has 1 aromatic heterocycles. The monoisotopic (exact) mass is 778 g/mol. The number of para-hydroxylation sites is 2. The zero-order chi connectivity index (χ0) is 40.6. The van der Waals surface area contributed by atoms with Gasteiger partial charge in [0.2, 0.25) is 0 Å². The molecule has 0 saturated carbocycles. The SMILES string of the molecule is c1ccc(-n2c3ccccc3c3cc(-c4ccc(N(c5ccc(C(c6ccccc6)(c6ccccc6)c6ccccc6)cc5)c5cccc6ccccc56)cc4)ccc32)cc1. The molecule has 0 spiro atoms. The molecule has 0 atom stereocenters. The third-order valence-electron chi connectivity index (χ3n) is 12.3. The van der Waals surface area contributed by atoms with Gasteiger partial charge in [-0.2, -0.15) is 0 Å². The molecule has 0 radical (unpaired) electrons. The first-order chi connectivity index (χ1) is 30.3. The minimum Gasteiger partial charge on any atom is -0.310 e. The van der Waals surface area contributed by atoms with Crippen LogP contribution in [0.2, 0.25) is 0 Å². The van der Waals surface area contributed by atoms with Gasteiger partial charge >= 0.3 is 0 Å². The first kappa shape index (κ1) is 36.2. The second-order valence-electron chi connectivity index (χ2n) is 15.7. The Morgan fingerprint density at radius 2 is 0.770 bits per heavy atom. The summed E-state index contributed by atoms with van der Waals surface area (Å²) in [5.74, 6) is 0. The molecule has 11 aromatic rings. The van der Waals surface area contributed by atoms with Gasteiger partial charge in [-0.3, -0.25) is 0 Å².